The zero-order chi connectivity index (χ0) is 15.8. The molecule has 8 nitrogen and oxygen atoms in total. The van der Waals surface area contributed by atoms with E-state index in [1.54, 1.807) is 9.20 Å². The lowest BCUT2D eigenvalue weighted by Crippen LogP contribution is -2.01. The van der Waals surface area contributed by atoms with Crippen LogP contribution in [0, 0.1) is 6.92 Å². The van der Waals surface area contributed by atoms with Gasteiger partial charge in [0.1, 0.15) is 11.4 Å². The first kappa shape index (κ1) is 14.3. The third-order valence-corrected chi connectivity index (χ3v) is 4.52. The van der Waals surface area contributed by atoms with Crippen molar-refractivity contribution in [2.45, 2.75) is 17.1 Å². The summed E-state index contributed by atoms with van der Waals surface area (Å²) in [5, 5.41) is 17.6. The topological polar surface area (TPSA) is 86.7 Å². The highest BCUT2D eigenvalue weighted by molar-refractivity contribution is 9.10. The summed E-state index contributed by atoms with van der Waals surface area (Å²) in [6.07, 6.45) is 1.48. The Kier molecular flexibility index (Phi) is 3.54. The minimum atomic E-state index is 0.551. The molecule has 0 aliphatic rings. The van der Waals surface area contributed by atoms with Crippen molar-refractivity contribution >= 4 is 33.5 Å². The molecule has 0 fully saturated rings. The third kappa shape index (κ3) is 2.70. The predicted octanol–water partition coefficient (Wildman–Crippen LogP) is 2.32. The molecule has 1 aromatic carbocycles. The lowest BCUT2D eigenvalue weighted by atomic mass is 10.3. The van der Waals surface area contributed by atoms with E-state index in [4.69, 9.17) is 0 Å². The molecular formula is C13H9BrN8S. The Hall–Kier alpha value is -2.33. The van der Waals surface area contributed by atoms with Crippen LogP contribution in [-0.4, -0.2) is 39.8 Å². The van der Waals surface area contributed by atoms with E-state index in [1.165, 1.54) is 18.1 Å². The maximum absolute atomic E-state index is 4.33. The van der Waals surface area contributed by atoms with Crippen LogP contribution in [0.15, 0.2) is 51.3 Å². The van der Waals surface area contributed by atoms with E-state index in [0.29, 0.717) is 10.9 Å². The van der Waals surface area contributed by atoms with Gasteiger partial charge in [0.15, 0.2) is 0 Å². The van der Waals surface area contributed by atoms with Crippen molar-refractivity contribution in [3.63, 3.8) is 0 Å². The van der Waals surface area contributed by atoms with Gasteiger partial charge in [-0.1, -0.05) is 15.9 Å². The van der Waals surface area contributed by atoms with Crippen LogP contribution in [-0.2, 0) is 0 Å². The summed E-state index contributed by atoms with van der Waals surface area (Å²) < 4.78 is 4.34. The summed E-state index contributed by atoms with van der Waals surface area (Å²) in [5.74, 6) is 0.551. The Labute approximate surface area is 143 Å². The smallest absolute Gasteiger partial charge is 0.216 e. The fourth-order valence-corrected chi connectivity index (χ4v) is 3.25. The molecular weight excluding hydrogens is 380 g/mol. The van der Waals surface area contributed by atoms with Crippen LogP contribution in [0.25, 0.3) is 11.5 Å². The molecule has 0 unspecified atom stereocenters. The molecule has 0 spiro atoms. The van der Waals surface area contributed by atoms with Gasteiger partial charge in [-0.05, 0) is 59.4 Å². The number of nitrogens with zero attached hydrogens (tertiary/aromatic N) is 8. The Morgan fingerprint density at radius 2 is 2.00 bits per heavy atom. The largest absolute Gasteiger partial charge is 0.253 e. The molecule has 0 bridgehead atoms. The van der Waals surface area contributed by atoms with E-state index in [9.17, 15) is 0 Å². The molecule has 3 heterocycles. The number of rotatable bonds is 3. The van der Waals surface area contributed by atoms with E-state index >= 15 is 0 Å². The van der Waals surface area contributed by atoms with Crippen molar-refractivity contribution < 1.29 is 0 Å². The van der Waals surface area contributed by atoms with Crippen LogP contribution in [0.2, 0.25) is 0 Å². The van der Waals surface area contributed by atoms with Crippen molar-refractivity contribution in [2.24, 2.45) is 0 Å². The van der Waals surface area contributed by atoms with Gasteiger partial charge in [0.25, 0.3) is 5.78 Å². The van der Waals surface area contributed by atoms with Gasteiger partial charge in [-0.2, -0.15) is 19.3 Å². The van der Waals surface area contributed by atoms with Gasteiger partial charge < -0.3 is 0 Å². The van der Waals surface area contributed by atoms with Crippen molar-refractivity contribution in [3.05, 3.63) is 46.8 Å². The van der Waals surface area contributed by atoms with Crippen molar-refractivity contribution in [3.8, 4) is 5.69 Å². The van der Waals surface area contributed by atoms with Gasteiger partial charge >= 0.3 is 0 Å². The molecule has 0 amide bonds. The molecule has 0 radical (unpaired) electrons. The molecule has 0 N–H and O–H groups in total. The number of benzene rings is 1. The standard InChI is InChI=1S/C13H9BrN8S/c1-8-6-11(22-12(17-8)15-7-16-22)23-13-18-19-20-21(13)10-4-2-9(14)3-5-10/h2-7H,1H3. The first-order valence-electron chi connectivity index (χ1n) is 6.60. The van der Waals surface area contributed by atoms with Gasteiger partial charge in [-0.3, -0.25) is 0 Å². The zero-order valence-electron chi connectivity index (χ0n) is 11.8. The Morgan fingerprint density at radius 1 is 1.17 bits per heavy atom. The van der Waals surface area contributed by atoms with Crippen molar-refractivity contribution in [2.75, 3.05) is 0 Å². The van der Waals surface area contributed by atoms with E-state index in [1.807, 2.05) is 37.3 Å². The highest BCUT2D eigenvalue weighted by Crippen LogP contribution is 2.27. The van der Waals surface area contributed by atoms with Crippen LogP contribution < -0.4 is 0 Å². The number of halogens is 1. The highest BCUT2D eigenvalue weighted by atomic mass is 79.9. The molecule has 0 saturated heterocycles. The Balaban J connectivity index is 1.76. The zero-order valence-corrected chi connectivity index (χ0v) is 14.2. The molecule has 0 saturated carbocycles. The quantitative estimate of drug-likeness (QED) is 0.497. The average molecular weight is 389 g/mol. The lowest BCUT2D eigenvalue weighted by molar-refractivity contribution is 0.753. The summed E-state index contributed by atoms with van der Waals surface area (Å²) in [5.41, 5.74) is 1.73. The summed E-state index contributed by atoms with van der Waals surface area (Å²) >= 11 is 4.82. The molecule has 114 valence electrons. The molecule has 4 aromatic rings. The second kappa shape index (κ2) is 5.70. The second-order valence-electron chi connectivity index (χ2n) is 4.66. The minimum Gasteiger partial charge on any atom is -0.216 e. The molecule has 10 heteroatoms. The second-order valence-corrected chi connectivity index (χ2v) is 6.56. The number of aromatic nitrogens is 8. The number of tetrazole rings is 1. The van der Waals surface area contributed by atoms with Crippen LogP contribution in [0.1, 0.15) is 5.69 Å². The number of fused-ring (bicyclic) bond motifs is 1. The molecule has 3 aromatic heterocycles. The normalized spacial score (nSPS) is 11.2. The van der Waals surface area contributed by atoms with Crippen LogP contribution in [0.5, 0.6) is 0 Å². The summed E-state index contributed by atoms with van der Waals surface area (Å²) in [4.78, 5) is 8.45. The predicted molar refractivity (Wildman–Crippen MR) is 86.5 cm³/mol. The maximum Gasteiger partial charge on any atom is 0.253 e. The van der Waals surface area contributed by atoms with E-state index < -0.39 is 0 Å². The number of hydrogen-bond donors (Lipinski definition) is 0. The molecule has 4 rings (SSSR count). The van der Waals surface area contributed by atoms with E-state index in [-0.39, 0.29) is 0 Å². The summed E-state index contributed by atoms with van der Waals surface area (Å²) in [7, 11) is 0. The maximum atomic E-state index is 4.33. The average Bonchev–Trinajstić information content (AvgIpc) is 3.17. The fourth-order valence-electron chi connectivity index (χ4n) is 2.05. The summed E-state index contributed by atoms with van der Waals surface area (Å²) in [6.45, 7) is 1.91. The van der Waals surface area contributed by atoms with Gasteiger partial charge in [-0.15, -0.1) is 5.10 Å². The monoisotopic (exact) mass is 388 g/mol. The summed E-state index contributed by atoms with van der Waals surface area (Å²) in [6, 6.07) is 9.68. The van der Waals surface area contributed by atoms with Gasteiger partial charge in [0, 0.05) is 10.2 Å². The Bertz CT molecular complexity index is 977. The SMILES string of the molecule is Cc1cc(Sc2nnnn2-c2ccc(Br)cc2)n2ncnc2n1. The molecule has 0 aliphatic carbocycles. The minimum absolute atomic E-state index is 0.551. The van der Waals surface area contributed by atoms with Gasteiger partial charge in [0.05, 0.1) is 5.69 Å². The number of hydrogen-bond acceptors (Lipinski definition) is 7. The van der Waals surface area contributed by atoms with Gasteiger partial charge in [0.2, 0.25) is 5.16 Å². The fraction of sp³-hybridized carbons (Fsp3) is 0.0769. The highest BCUT2D eigenvalue weighted by Gasteiger charge is 2.14. The van der Waals surface area contributed by atoms with Gasteiger partial charge in [-0.25, -0.2) is 4.98 Å². The van der Waals surface area contributed by atoms with E-state index in [2.05, 4.69) is 46.5 Å². The Morgan fingerprint density at radius 3 is 2.83 bits per heavy atom. The van der Waals surface area contributed by atoms with E-state index in [0.717, 1.165) is 20.9 Å². The molecule has 0 atom stereocenters. The first-order chi connectivity index (χ1) is 11.2. The van der Waals surface area contributed by atoms with Crippen LogP contribution in [0.3, 0.4) is 0 Å². The molecule has 0 aliphatic heterocycles. The lowest BCUT2D eigenvalue weighted by Gasteiger charge is -2.06. The van der Waals surface area contributed by atoms with Crippen molar-refractivity contribution in [1.29, 1.82) is 0 Å². The van der Waals surface area contributed by atoms with Crippen LogP contribution >= 0.6 is 27.7 Å². The van der Waals surface area contributed by atoms with Crippen LogP contribution in [0.4, 0.5) is 0 Å². The molecule has 23 heavy (non-hydrogen) atoms. The first-order valence-corrected chi connectivity index (χ1v) is 8.21. The van der Waals surface area contributed by atoms with Crippen molar-refractivity contribution in [1.82, 2.24) is 39.8 Å². The third-order valence-electron chi connectivity index (χ3n) is 3.06. The number of aryl methyl sites for hydroxylation is 1.